The van der Waals surface area contributed by atoms with Crippen LogP contribution < -0.4 is 5.32 Å². The molecule has 0 saturated heterocycles. The number of carbonyl (C=O) groups is 1. The van der Waals surface area contributed by atoms with Gasteiger partial charge in [-0.3, -0.25) is 4.79 Å². The van der Waals surface area contributed by atoms with Crippen LogP contribution in [0.4, 0.5) is 0 Å². The van der Waals surface area contributed by atoms with Crippen molar-refractivity contribution in [3.63, 3.8) is 0 Å². The lowest BCUT2D eigenvalue weighted by atomic mass is 9.69. The second kappa shape index (κ2) is 5.64. The van der Waals surface area contributed by atoms with Gasteiger partial charge in [-0.15, -0.1) is 0 Å². The van der Waals surface area contributed by atoms with Gasteiger partial charge in [0.25, 0.3) is 0 Å². The lowest BCUT2D eigenvalue weighted by molar-refractivity contribution is -0.151. The molecule has 16 heavy (non-hydrogen) atoms. The summed E-state index contributed by atoms with van der Waals surface area (Å²) in [6, 6.07) is 0. The molecule has 0 unspecified atom stereocenters. The topological polar surface area (TPSA) is 52.6 Å². The van der Waals surface area contributed by atoms with Gasteiger partial charge >= 0.3 is 5.97 Å². The zero-order chi connectivity index (χ0) is 12.2. The van der Waals surface area contributed by atoms with Crippen molar-refractivity contribution < 1.29 is 9.90 Å². The van der Waals surface area contributed by atoms with E-state index in [-0.39, 0.29) is 0 Å². The molecule has 0 aliphatic heterocycles. The first-order valence-corrected chi connectivity index (χ1v) is 6.25. The molecule has 94 valence electrons. The van der Waals surface area contributed by atoms with E-state index in [4.69, 9.17) is 0 Å². The largest absolute Gasteiger partial charge is 0.480 e. The van der Waals surface area contributed by atoms with Crippen molar-refractivity contribution in [3.8, 4) is 0 Å². The number of carboxylic acids is 1. The predicted molar refractivity (Wildman–Crippen MR) is 64.6 cm³/mol. The summed E-state index contributed by atoms with van der Waals surface area (Å²) in [7, 11) is 0. The maximum Gasteiger partial charge on any atom is 0.323 e. The van der Waals surface area contributed by atoms with Gasteiger partial charge in [-0.2, -0.15) is 0 Å². The summed E-state index contributed by atoms with van der Waals surface area (Å²) >= 11 is 0. The van der Waals surface area contributed by atoms with Crippen molar-refractivity contribution >= 4 is 5.97 Å². The fraction of sp³-hybridized carbons (Fsp3) is 0.917. The number of nitrogens with one attached hydrogen (secondary N) is 1. The summed E-state index contributed by atoms with van der Waals surface area (Å²) in [5.74, 6) is -0.151. The summed E-state index contributed by atoms with van der Waals surface area (Å²) in [6.45, 7) is 10.1. The second-order valence-corrected chi connectivity index (χ2v) is 4.85. The van der Waals surface area contributed by atoms with Gasteiger partial charge in [0.05, 0.1) is 0 Å². The number of aliphatic carboxylic acids is 1. The molecule has 0 bridgehead atoms. The van der Waals surface area contributed by atoms with Crippen LogP contribution in [0.5, 0.6) is 0 Å². The average molecular weight is 228 g/mol. The Bertz CT molecular complexity index is 233. The summed E-state index contributed by atoms with van der Waals surface area (Å²) in [5, 5.41) is 12.4. The van der Waals surface area contributed by atoms with Gasteiger partial charge in [0, 0.05) is 13.1 Å². The van der Waals surface area contributed by atoms with E-state index in [9.17, 15) is 9.90 Å². The van der Waals surface area contributed by atoms with E-state index >= 15 is 0 Å². The highest BCUT2D eigenvalue weighted by atomic mass is 16.4. The van der Waals surface area contributed by atoms with Crippen molar-refractivity contribution in [2.75, 3.05) is 26.2 Å². The van der Waals surface area contributed by atoms with Gasteiger partial charge in [-0.1, -0.05) is 20.8 Å². The molecule has 0 radical (unpaired) electrons. The Hall–Kier alpha value is -0.610. The van der Waals surface area contributed by atoms with Crippen LogP contribution in [0.15, 0.2) is 0 Å². The molecule has 4 nitrogen and oxygen atoms in total. The van der Waals surface area contributed by atoms with Crippen LogP contribution in [-0.4, -0.2) is 47.7 Å². The van der Waals surface area contributed by atoms with Crippen molar-refractivity contribution in [3.05, 3.63) is 0 Å². The smallest absolute Gasteiger partial charge is 0.323 e. The Balaban J connectivity index is 2.32. The third kappa shape index (κ3) is 2.95. The standard InChI is InChI=1S/C12H24N2O2/c1-4-14(5-2)7-6-13-12(11(15)16)8-10(3)9-12/h10,13H,4-9H2,1-3H3,(H,15,16). The Morgan fingerprint density at radius 1 is 1.44 bits per heavy atom. The summed E-state index contributed by atoms with van der Waals surface area (Å²) in [4.78, 5) is 13.5. The van der Waals surface area contributed by atoms with Crippen molar-refractivity contribution in [1.82, 2.24) is 10.2 Å². The quantitative estimate of drug-likeness (QED) is 0.687. The molecule has 1 aliphatic carbocycles. The third-order valence-electron chi connectivity index (χ3n) is 3.59. The minimum absolute atomic E-state index is 0.539. The number of rotatable bonds is 7. The molecule has 0 amide bonds. The molecule has 1 fully saturated rings. The number of carboxylic acid groups (broad SMARTS) is 1. The van der Waals surface area contributed by atoms with Gasteiger partial charge < -0.3 is 15.3 Å². The minimum atomic E-state index is -0.690. The molecule has 2 N–H and O–H groups in total. The zero-order valence-corrected chi connectivity index (χ0v) is 10.6. The molecule has 1 saturated carbocycles. The van der Waals surface area contributed by atoms with Gasteiger partial charge in [-0.25, -0.2) is 0 Å². The van der Waals surface area contributed by atoms with Gasteiger partial charge in [0.15, 0.2) is 0 Å². The Morgan fingerprint density at radius 2 is 2.00 bits per heavy atom. The molecule has 4 heteroatoms. The van der Waals surface area contributed by atoms with Crippen LogP contribution in [0.2, 0.25) is 0 Å². The van der Waals surface area contributed by atoms with Crippen LogP contribution in [0.25, 0.3) is 0 Å². The molecule has 0 aromatic heterocycles. The van der Waals surface area contributed by atoms with E-state index in [1.807, 2.05) is 0 Å². The fourth-order valence-corrected chi connectivity index (χ4v) is 2.52. The van der Waals surface area contributed by atoms with Gasteiger partial charge in [0.1, 0.15) is 5.54 Å². The van der Waals surface area contributed by atoms with Crippen molar-refractivity contribution in [2.24, 2.45) is 5.92 Å². The van der Waals surface area contributed by atoms with E-state index < -0.39 is 11.5 Å². The Labute approximate surface area is 98.0 Å². The zero-order valence-electron chi connectivity index (χ0n) is 10.6. The Kier molecular flexibility index (Phi) is 4.74. The van der Waals surface area contributed by atoms with E-state index in [1.54, 1.807) is 0 Å². The molecule has 1 rings (SSSR count). The van der Waals surface area contributed by atoms with Crippen molar-refractivity contribution in [1.29, 1.82) is 0 Å². The molecular formula is C12H24N2O2. The van der Waals surface area contributed by atoms with Crippen LogP contribution in [-0.2, 0) is 4.79 Å². The molecule has 1 aliphatic rings. The normalized spacial score (nSPS) is 29.1. The summed E-state index contributed by atoms with van der Waals surface area (Å²) in [6.07, 6.45) is 1.53. The number of likely N-dealkylation sites (N-methyl/N-ethyl adjacent to an activating group) is 1. The highest BCUT2D eigenvalue weighted by molar-refractivity contribution is 5.80. The van der Waals surface area contributed by atoms with Gasteiger partial charge in [0.2, 0.25) is 0 Å². The number of nitrogens with zero attached hydrogens (tertiary/aromatic N) is 1. The second-order valence-electron chi connectivity index (χ2n) is 4.85. The molecule has 0 heterocycles. The summed E-state index contributed by atoms with van der Waals surface area (Å²) < 4.78 is 0. The maximum absolute atomic E-state index is 11.2. The van der Waals surface area contributed by atoms with Crippen LogP contribution in [0.1, 0.15) is 33.6 Å². The maximum atomic E-state index is 11.2. The first-order chi connectivity index (χ1) is 7.54. The highest BCUT2D eigenvalue weighted by Gasteiger charge is 2.48. The molecule has 0 atom stereocenters. The molecule has 0 aromatic rings. The lowest BCUT2D eigenvalue weighted by Crippen LogP contribution is -2.61. The van der Waals surface area contributed by atoms with E-state index in [0.29, 0.717) is 5.92 Å². The van der Waals surface area contributed by atoms with E-state index in [2.05, 4.69) is 31.0 Å². The first kappa shape index (κ1) is 13.5. The third-order valence-corrected chi connectivity index (χ3v) is 3.59. The molecule has 0 spiro atoms. The fourth-order valence-electron chi connectivity index (χ4n) is 2.52. The first-order valence-electron chi connectivity index (χ1n) is 6.25. The van der Waals surface area contributed by atoms with Crippen molar-refractivity contribution in [2.45, 2.75) is 39.2 Å². The minimum Gasteiger partial charge on any atom is -0.480 e. The lowest BCUT2D eigenvalue weighted by Gasteiger charge is -2.43. The summed E-state index contributed by atoms with van der Waals surface area (Å²) in [5.41, 5.74) is -0.632. The monoisotopic (exact) mass is 228 g/mol. The van der Waals surface area contributed by atoms with E-state index in [1.165, 1.54) is 0 Å². The molecular weight excluding hydrogens is 204 g/mol. The predicted octanol–water partition coefficient (Wildman–Crippen LogP) is 1.17. The highest BCUT2D eigenvalue weighted by Crippen LogP contribution is 2.37. The van der Waals surface area contributed by atoms with E-state index in [0.717, 1.165) is 39.0 Å². The average Bonchev–Trinajstić information content (AvgIpc) is 2.20. The van der Waals surface area contributed by atoms with Crippen LogP contribution >= 0.6 is 0 Å². The van der Waals surface area contributed by atoms with Crippen LogP contribution in [0.3, 0.4) is 0 Å². The molecule has 0 aromatic carbocycles. The number of hydrogen-bond acceptors (Lipinski definition) is 3. The SMILES string of the molecule is CCN(CC)CCNC1(C(=O)O)CC(C)C1. The Morgan fingerprint density at radius 3 is 2.38 bits per heavy atom. The van der Waals surface area contributed by atoms with Crippen LogP contribution in [0, 0.1) is 5.92 Å². The van der Waals surface area contributed by atoms with Gasteiger partial charge in [-0.05, 0) is 31.8 Å². The number of hydrogen-bond donors (Lipinski definition) is 2.